The van der Waals surface area contributed by atoms with Gasteiger partial charge in [-0.25, -0.2) is 0 Å². The van der Waals surface area contributed by atoms with E-state index in [9.17, 15) is 19.5 Å². The van der Waals surface area contributed by atoms with E-state index in [0.717, 1.165) is 122 Å². The highest BCUT2D eigenvalue weighted by Gasteiger charge is 2.22. The van der Waals surface area contributed by atoms with Gasteiger partial charge in [0, 0.05) is 12.8 Å². The zero-order valence-corrected chi connectivity index (χ0v) is 54.9. The third kappa shape index (κ3) is 66.5. The quantitative estimate of drug-likeness (QED) is 0.0195. The molecule has 0 aromatic carbocycles. The van der Waals surface area contributed by atoms with Gasteiger partial charge in [-0.05, 0) is 103 Å². The van der Waals surface area contributed by atoms with Gasteiger partial charge < -0.3 is 33.3 Å². The van der Waals surface area contributed by atoms with Gasteiger partial charge in [-0.1, -0.05) is 288 Å². The van der Waals surface area contributed by atoms with Crippen molar-refractivity contribution in [1.29, 1.82) is 0 Å². The molecule has 0 N–H and O–H groups in total. The Morgan fingerprint density at radius 3 is 1.00 bits per heavy atom. The fraction of sp³-hybridized carbons (Fsp3) is 0.645. The van der Waals surface area contributed by atoms with Crippen LogP contribution in [0.1, 0.15) is 258 Å². The number of carbonyl (C=O) groups excluding carboxylic acids is 3. The Bertz CT molecular complexity index is 1900. The third-order valence-corrected chi connectivity index (χ3v) is 14.1. The highest BCUT2D eigenvalue weighted by molar-refractivity contribution is 5.70. The second kappa shape index (κ2) is 65.2. The molecule has 2 unspecified atom stereocenters. The van der Waals surface area contributed by atoms with Crippen molar-refractivity contribution in [3.05, 3.63) is 146 Å². The van der Waals surface area contributed by atoms with E-state index in [1.54, 1.807) is 0 Å². The van der Waals surface area contributed by atoms with Gasteiger partial charge in [0.1, 0.15) is 13.2 Å². The molecule has 0 aromatic heterocycles. The number of allylic oxidation sites excluding steroid dienone is 24. The molecule has 482 valence electrons. The van der Waals surface area contributed by atoms with Crippen molar-refractivity contribution in [3.8, 4) is 0 Å². The molecule has 0 aliphatic heterocycles. The summed E-state index contributed by atoms with van der Waals surface area (Å²) in [6.45, 7) is 4.61. The van der Waals surface area contributed by atoms with Gasteiger partial charge in [-0.15, -0.1) is 0 Å². The van der Waals surface area contributed by atoms with Crippen molar-refractivity contribution in [2.24, 2.45) is 0 Å². The number of quaternary nitrogens is 1. The van der Waals surface area contributed by atoms with Crippen LogP contribution in [-0.2, 0) is 33.3 Å². The van der Waals surface area contributed by atoms with Gasteiger partial charge in [0.25, 0.3) is 0 Å². The maximum Gasteiger partial charge on any atom is 0.306 e. The minimum Gasteiger partial charge on any atom is -0.545 e. The number of aliphatic carboxylic acids is 1. The second-order valence-electron chi connectivity index (χ2n) is 23.4. The summed E-state index contributed by atoms with van der Waals surface area (Å²) >= 11 is 0. The molecule has 0 spiro atoms. The van der Waals surface area contributed by atoms with Crippen molar-refractivity contribution in [1.82, 2.24) is 0 Å². The number of nitrogens with zero attached hydrogens (tertiary/aromatic N) is 1. The van der Waals surface area contributed by atoms with Crippen LogP contribution in [0, 0.1) is 0 Å². The summed E-state index contributed by atoms with van der Waals surface area (Å²) < 4.78 is 22.7. The smallest absolute Gasteiger partial charge is 0.306 e. The van der Waals surface area contributed by atoms with Crippen molar-refractivity contribution in [2.75, 3.05) is 47.5 Å². The Labute approximate surface area is 522 Å². The molecule has 9 heteroatoms. The van der Waals surface area contributed by atoms with Crippen LogP contribution in [-0.4, -0.2) is 82.3 Å². The second-order valence-corrected chi connectivity index (χ2v) is 23.4. The fourth-order valence-electron chi connectivity index (χ4n) is 8.93. The topological polar surface area (TPSA) is 111 Å². The molecule has 85 heavy (non-hydrogen) atoms. The predicted octanol–water partition coefficient (Wildman–Crippen LogP) is 19.8. The largest absolute Gasteiger partial charge is 0.545 e. The highest BCUT2D eigenvalue weighted by Crippen LogP contribution is 2.16. The monoisotopic (exact) mass is 1180 g/mol. The van der Waals surface area contributed by atoms with Gasteiger partial charge in [0.15, 0.2) is 12.4 Å². The summed E-state index contributed by atoms with van der Waals surface area (Å²) in [5.41, 5.74) is 0. The van der Waals surface area contributed by atoms with E-state index in [1.807, 2.05) is 21.1 Å². The van der Waals surface area contributed by atoms with E-state index < -0.39 is 24.3 Å². The number of rotatable bonds is 61. The van der Waals surface area contributed by atoms with Crippen molar-refractivity contribution in [2.45, 2.75) is 270 Å². The van der Waals surface area contributed by atoms with Crippen molar-refractivity contribution >= 4 is 17.9 Å². The number of carboxylic acids is 1. The van der Waals surface area contributed by atoms with Gasteiger partial charge >= 0.3 is 11.9 Å². The van der Waals surface area contributed by atoms with Crippen LogP contribution in [0.5, 0.6) is 0 Å². The molecule has 2 atom stereocenters. The van der Waals surface area contributed by atoms with Gasteiger partial charge in [0.2, 0.25) is 0 Å². The average molecular weight is 1180 g/mol. The summed E-state index contributed by atoms with van der Waals surface area (Å²) in [5.74, 6) is -2.32. The SMILES string of the molecule is CC/C=C\C/C=C\C/C=C\C/C=C\C/C=C\C/C=C\C/C=C\C/C=C\C/C=C\C/C=C\C/C=C\C/C=C\CCCCCCC(=O)OC(COC(=O)CCCCCCCCCCCCCCCCCCCCC)COC(OCC[N+](C)(C)C)C(=O)[O-]. The van der Waals surface area contributed by atoms with Crippen LogP contribution in [0.15, 0.2) is 146 Å². The predicted molar refractivity (Wildman–Crippen MR) is 361 cm³/mol. The lowest BCUT2D eigenvalue weighted by molar-refractivity contribution is -0.870. The Morgan fingerprint density at radius 2 is 0.671 bits per heavy atom. The van der Waals surface area contributed by atoms with Gasteiger partial charge in [0.05, 0.1) is 40.3 Å². The van der Waals surface area contributed by atoms with E-state index in [2.05, 4.69) is 160 Å². The number of ether oxygens (including phenoxy) is 4. The molecular weight excluding hydrogens is 1050 g/mol. The molecule has 0 aliphatic rings. The van der Waals surface area contributed by atoms with E-state index in [-0.39, 0.29) is 38.6 Å². The Balaban J connectivity index is 4.23. The maximum atomic E-state index is 12.9. The molecule has 0 bridgehead atoms. The van der Waals surface area contributed by atoms with Crippen LogP contribution < -0.4 is 5.11 Å². The highest BCUT2D eigenvalue weighted by atomic mass is 16.7. The molecule has 0 aromatic rings. The molecule has 0 fully saturated rings. The minimum absolute atomic E-state index is 0.137. The molecule has 0 rings (SSSR count). The number of esters is 2. The maximum absolute atomic E-state index is 12.9. The molecule has 0 heterocycles. The Hall–Kier alpha value is -4.83. The number of unbranched alkanes of at least 4 members (excludes halogenated alkanes) is 22. The van der Waals surface area contributed by atoms with E-state index in [0.29, 0.717) is 17.4 Å². The van der Waals surface area contributed by atoms with E-state index in [4.69, 9.17) is 18.9 Å². The summed E-state index contributed by atoms with van der Waals surface area (Å²) in [4.78, 5) is 37.4. The number of hydrogen-bond acceptors (Lipinski definition) is 8. The first-order valence-corrected chi connectivity index (χ1v) is 34.0. The van der Waals surface area contributed by atoms with Crippen LogP contribution in [0.2, 0.25) is 0 Å². The van der Waals surface area contributed by atoms with Crippen LogP contribution >= 0.6 is 0 Å². The summed E-state index contributed by atoms with van der Waals surface area (Å²) in [5, 5.41) is 11.8. The lowest BCUT2D eigenvalue weighted by Crippen LogP contribution is -2.44. The number of carbonyl (C=O) groups is 3. The zero-order valence-electron chi connectivity index (χ0n) is 54.9. The number of carboxylic acid groups (broad SMARTS) is 1. The molecule has 0 radical (unpaired) electrons. The first-order chi connectivity index (χ1) is 41.6. The standard InChI is InChI=1S/C76H125NO8/c1-6-8-10-12-14-16-18-20-22-24-26-27-28-29-30-31-32-33-34-35-36-37-38-39-40-41-42-43-44-45-46-47-49-51-53-55-57-59-61-63-65-67-74(79)85-72(71-84-76(75(80)81)82-69-68-77(3,4)5)70-83-73(78)66-64-62-60-58-56-54-52-50-48-25-23-21-19-17-15-13-11-9-7-2/h8,10,14,16,20,22,26-27,29-30,32-33,35-36,38-39,41-42,44-45,47,49,53,55,72,76H,6-7,9,11-13,15,17-19,21,23-25,28,31,34,37,40,43,46,48,50-52,54,56-71H2,1-5H3/b10-8-,16-14-,22-20-,27-26-,30-29-,33-32-,36-35-,39-38-,42-41-,45-44-,49-47-,55-53-. The normalized spacial score (nSPS) is 13.7. The third-order valence-electron chi connectivity index (χ3n) is 14.1. The zero-order chi connectivity index (χ0) is 61.9. The van der Waals surface area contributed by atoms with E-state index in [1.165, 1.54) is 103 Å². The molecular formula is C76H125NO8. The number of likely N-dealkylation sites (N-methyl/N-ethyl adjacent to an activating group) is 1. The summed E-state index contributed by atoms with van der Waals surface area (Å²) in [7, 11) is 5.91. The van der Waals surface area contributed by atoms with Crippen molar-refractivity contribution in [3.63, 3.8) is 0 Å². The molecule has 0 saturated carbocycles. The van der Waals surface area contributed by atoms with Crippen LogP contribution in [0.25, 0.3) is 0 Å². The van der Waals surface area contributed by atoms with E-state index >= 15 is 0 Å². The van der Waals surface area contributed by atoms with Gasteiger partial charge in [-0.2, -0.15) is 0 Å². The molecule has 9 nitrogen and oxygen atoms in total. The molecule has 0 saturated heterocycles. The fourth-order valence-corrected chi connectivity index (χ4v) is 8.93. The average Bonchev–Trinajstić information content (AvgIpc) is 3.49. The molecule has 0 aliphatic carbocycles. The number of hydrogen-bond donors (Lipinski definition) is 0. The summed E-state index contributed by atoms with van der Waals surface area (Å²) in [6, 6.07) is 0. The first kappa shape index (κ1) is 80.2. The lowest BCUT2D eigenvalue weighted by Gasteiger charge is -2.26. The molecule has 0 amide bonds. The van der Waals surface area contributed by atoms with Crippen LogP contribution in [0.3, 0.4) is 0 Å². The van der Waals surface area contributed by atoms with Crippen molar-refractivity contribution < 1.29 is 42.9 Å². The first-order valence-electron chi connectivity index (χ1n) is 34.0. The summed E-state index contributed by atoms with van der Waals surface area (Å²) in [6.07, 6.45) is 92.1. The van der Waals surface area contributed by atoms with Crippen LogP contribution in [0.4, 0.5) is 0 Å². The van der Waals surface area contributed by atoms with Gasteiger partial charge in [-0.3, -0.25) is 9.59 Å². The Kier molecular flexibility index (Phi) is 61.4. The lowest BCUT2D eigenvalue weighted by atomic mass is 10.0. The minimum atomic E-state index is -1.64. The Morgan fingerprint density at radius 1 is 0.365 bits per heavy atom.